The van der Waals surface area contributed by atoms with Crippen molar-refractivity contribution in [2.45, 2.75) is 13.3 Å². The summed E-state index contributed by atoms with van der Waals surface area (Å²) in [5, 5.41) is 0. The number of hydrogen-bond acceptors (Lipinski definition) is 6. The van der Waals surface area contributed by atoms with Gasteiger partial charge in [0.25, 0.3) is 0 Å². The molecule has 0 fully saturated rings. The second kappa shape index (κ2) is 11.4. The molecular formula is C25H24O6. The molecule has 6 nitrogen and oxygen atoms in total. The van der Waals surface area contributed by atoms with Crippen LogP contribution in [0.25, 0.3) is 0 Å². The summed E-state index contributed by atoms with van der Waals surface area (Å²) < 4.78 is 21.9. The van der Waals surface area contributed by atoms with Crippen LogP contribution < -0.4 is 14.2 Å². The van der Waals surface area contributed by atoms with Crippen molar-refractivity contribution < 1.29 is 28.5 Å². The molecule has 31 heavy (non-hydrogen) atoms. The zero-order chi connectivity index (χ0) is 21.9. The smallest absolute Gasteiger partial charge is 0.347 e. The molecule has 0 unspecified atom stereocenters. The highest BCUT2D eigenvalue weighted by Crippen LogP contribution is 2.22. The van der Waals surface area contributed by atoms with E-state index in [0.717, 1.165) is 12.2 Å². The van der Waals surface area contributed by atoms with Gasteiger partial charge in [-0.15, -0.1) is 0 Å². The topological polar surface area (TPSA) is 71.1 Å². The predicted molar refractivity (Wildman–Crippen MR) is 116 cm³/mol. The number of hydrogen-bond donors (Lipinski definition) is 0. The predicted octanol–water partition coefficient (Wildman–Crippen LogP) is 4.93. The van der Waals surface area contributed by atoms with Crippen LogP contribution in [0.2, 0.25) is 0 Å². The Morgan fingerprint density at radius 3 is 2.23 bits per heavy atom. The highest BCUT2D eigenvalue weighted by atomic mass is 16.5. The van der Waals surface area contributed by atoms with Crippen LogP contribution >= 0.6 is 0 Å². The van der Waals surface area contributed by atoms with E-state index in [4.69, 9.17) is 18.9 Å². The molecule has 3 aromatic carbocycles. The van der Waals surface area contributed by atoms with E-state index in [1.165, 1.54) is 6.07 Å². The standard InChI is InChI=1S/C25H24O6/c1-2-15-30-24(26)19-9-8-12-21(18-19)31-25(27)22-13-6-7-14-23(22)29-17-16-28-20-10-4-3-5-11-20/h3-14,18H,2,15-17H2,1H3. The van der Waals surface area contributed by atoms with Crippen LogP contribution in [-0.4, -0.2) is 31.8 Å². The van der Waals surface area contributed by atoms with Gasteiger partial charge in [-0.05, 0) is 48.9 Å². The first-order chi connectivity index (χ1) is 15.2. The first kappa shape index (κ1) is 21.9. The van der Waals surface area contributed by atoms with Crippen LogP contribution in [0.5, 0.6) is 17.2 Å². The number of carbonyl (C=O) groups excluding carboxylic acids is 2. The minimum atomic E-state index is -0.585. The Hall–Kier alpha value is -3.80. The van der Waals surface area contributed by atoms with Gasteiger partial charge < -0.3 is 18.9 Å². The number of benzene rings is 3. The third kappa shape index (κ3) is 6.60. The normalized spacial score (nSPS) is 10.2. The van der Waals surface area contributed by atoms with E-state index < -0.39 is 11.9 Å². The fourth-order valence-corrected chi connectivity index (χ4v) is 2.72. The molecule has 0 aliphatic carbocycles. The van der Waals surface area contributed by atoms with Gasteiger partial charge in [-0.1, -0.05) is 43.3 Å². The lowest BCUT2D eigenvalue weighted by Gasteiger charge is -2.12. The van der Waals surface area contributed by atoms with E-state index in [1.807, 2.05) is 37.3 Å². The van der Waals surface area contributed by atoms with E-state index in [9.17, 15) is 9.59 Å². The molecule has 0 atom stereocenters. The van der Waals surface area contributed by atoms with Crippen LogP contribution in [0.1, 0.15) is 34.1 Å². The molecule has 160 valence electrons. The van der Waals surface area contributed by atoms with Crippen molar-refractivity contribution in [3.8, 4) is 17.2 Å². The van der Waals surface area contributed by atoms with Gasteiger partial charge in [-0.2, -0.15) is 0 Å². The van der Waals surface area contributed by atoms with Gasteiger partial charge in [0.15, 0.2) is 0 Å². The second-order valence-electron chi connectivity index (χ2n) is 6.56. The van der Waals surface area contributed by atoms with Gasteiger partial charge in [-0.25, -0.2) is 9.59 Å². The van der Waals surface area contributed by atoms with E-state index in [2.05, 4.69) is 0 Å². The molecule has 0 N–H and O–H groups in total. The number of rotatable bonds is 10. The van der Waals surface area contributed by atoms with Crippen molar-refractivity contribution >= 4 is 11.9 Å². The highest BCUT2D eigenvalue weighted by Gasteiger charge is 2.16. The Balaban J connectivity index is 1.60. The van der Waals surface area contributed by atoms with Gasteiger partial charge in [0.2, 0.25) is 0 Å². The number of carbonyl (C=O) groups is 2. The fraction of sp³-hybridized carbons (Fsp3) is 0.200. The number of esters is 2. The average Bonchev–Trinajstić information content (AvgIpc) is 2.81. The van der Waals surface area contributed by atoms with Crippen LogP contribution in [0.4, 0.5) is 0 Å². The van der Waals surface area contributed by atoms with Crippen molar-refractivity contribution in [1.82, 2.24) is 0 Å². The maximum Gasteiger partial charge on any atom is 0.347 e. The monoisotopic (exact) mass is 420 g/mol. The molecule has 0 radical (unpaired) electrons. The molecule has 0 heterocycles. The molecular weight excluding hydrogens is 396 g/mol. The zero-order valence-electron chi connectivity index (χ0n) is 17.3. The van der Waals surface area contributed by atoms with Crippen molar-refractivity contribution in [3.05, 3.63) is 90.0 Å². The third-order valence-electron chi connectivity index (χ3n) is 4.18. The average molecular weight is 420 g/mol. The Bertz CT molecular complexity index is 1000. The Morgan fingerprint density at radius 1 is 0.710 bits per heavy atom. The first-order valence-electron chi connectivity index (χ1n) is 10.1. The summed E-state index contributed by atoms with van der Waals surface area (Å²) in [5.74, 6) is 0.345. The maximum atomic E-state index is 12.7. The molecule has 0 bridgehead atoms. The molecule has 0 amide bonds. The lowest BCUT2D eigenvalue weighted by atomic mass is 10.2. The van der Waals surface area contributed by atoms with E-state index in [-0.39, 0.29) is 17.9 Å². The van der Waals surface area contributed by atoms with E-state index in [1.54, 1.807) is 42.5 Å². The molecule has 6 heteroatoms. The Labute approximate surface area is 181 Å². The highest BCUT2D eigenvalue weighted by molar-refractivity contribution is 5.94. The number of para-hydroxylation sites is 2. The SMILES string of the molecule is CCCOC(=O)c1cccc(OC(=O)c2ccccc2OCCOc2ccccc2)c1. The van der Waals surface area contributed by atoms with E-state index in [0.29, 0.717) is 24.5 Å². The fourth-order valence-electron chi connectivity index (χ4n) is 2.72. The summed E-state index contributed by atoms with van der Waals surface area (Å²) in [6.07, 6.45) is 0.730. The van der Waals surface area contributed by atoms with Crippen molar-refractivity contribution in [2.24, 2.45) is 0 Å². The van der Waals surface area contributed by atoms with Crippen molar-refractivity contribution in [1.29, 1.82) is 0 Å². The van der Waals surface area contributed by atoms with Crippen LogP contribution in [0.15, 0.2) is 78.9 Å². The summed E-state index contributed by atoms with van der Waals surface area (Å²) >= 11 is 0. The molecule has 0 aromatic heterocycles. The van der Waals surface area contributed by atoms with Gasteiger partial charge in [-0.3, -0.25) is 0 Å². The molecule has 0 saturated carbocycles. The van der Waals surface area contributed by atoms with Gasteiger partial charge in [0, 0.05) is 0 Å². The van der Waals surface area contributed by atoms with E-state index >= 15 is 0 Å². The van der Waals surface area contributed by atoms with Gasteiger partial charge >= 0.3 is 11.9 Å². The largest absolute Gasteiger partial charge is 0.490 e. The summed E-state index contributed by atoms with van der Waals surface area (Å²) in [4.78, 5) is 24.7. The minimum Gasteiger partial charge on any atom is -0.490 e. The zero-order valence-corrected chi connectivity index (χ0v) is 17.3. The first-order valence-corrected chi connectivity index (χ1v) is 10.1. The number of ether oxygens (including phenoxy) is 4. The van der Waals surface area contributed by atoms with Gasteiger partial charge in [0.1, 0.15) is 36.0 Å². The van der Waals surface area contributed by atoms with Crippen LogP contribution in [-0.2, 0) is 4.74 Å². The summed E-state index contributed by atoms with van der Waals surface area (Å²) in [7, 11) is 0. The van der Waals surface area contributed by atoms with Crippen LogP contribution in [0.3, 0.4) is 0 Å². The summed E-state index contributed by atoms with van der Waals surface area (Å²) in [5.41, 5.74) is 0.600. The second-order valence-corrected chi connectivity index (χ2v) is 6.56. The van der Waals surface area contributed by atoms with Gasteiger partial charge in [0.05, 0.1) is 12.2 Å². The molecule has 3 rings (SSSR count). The Morgan fingerprint density at radius 2 is 1.42 bits per heavy atom. The third-order valence-corrected chi connectivity index (χ3v) is 4.18. The molecule has 0 aliphatic rings. The van der Waals surface area contributed by atoms with Crippen molar-refractivity contribution in [2.75, 3.05) is 19.8 Å². The lowest BCUT2D eigenvalue weighted by Crippen LogP contribution is -2.14. The lowest BCUT2D eigenvalue weighted by molar-refractivity contribution is 0.0503. The van der Waals surface area contributed by atoms with Crippen LogP contribution in [0, 0.1) is 0 Å². The van der Waals surface area contributed by atoms with Crippen molar-refractivity contribution in [3.63, 3.8) is 0 Å². The molecule has 3 aromatic rings. The molecule has 0 spiro atoms. The molecule has 0 saturated heterocycles. The summed E-state index contributed by atoms with van der Waals surface area (Å²) in [6, 6.07) is 22.5. The quantitative estimate of drug-likeness (QED) is 0.263. The summed E-state index contributed by atoms with van der Waals surface area (Å²) in [6.45, 7) is 2.84. The Kier molecular flexibility index (Phi) is 8.05. The maximum absolute atomic E-state index is 12.7. The molecule has 0 aliphatic heterocycles. The minimum absolute atomic E-state index is 0.248.